The summed E-state index contributed by atoms with van der Waals surface area (Å²) < 4.78 is 6.00. The monoisotopic (exact) mass is 482 g/mol. The van der Waals surface area contributed by atoms with Crippen molar-refractivity contribution in [2.24, 2.45) is 23.7 Å². The van der Waals surface area contributed by atoms with E-state index < -0.39 is 0 Å². The molecule has 0 bridgehead atoms. The number of ether oxygens (including phenoxy) is 1. The highest BCUT2D eigenvalue weighted by atomic mass is 16.5. The molecule has 0 unspecified atom stereocenters. The Labute approximate surface area is 219 Å². The van der Waals surface area contributed by atoms with Crippen LogP contribution in [-0.4, -0.2) is 6.61 Å². The van der Waals surface area contributed by atoms with Crippen molar-refractivity contribution in [3.8, 4) is 5.75 Å². The molecule has 0 radical (unpaired) electrons. The van der Waals surface area contributed by atoms with Gasteiger partial charge in [0.2, 0.25) is 0 Å². The third-order valence-corrected chi connectivity index (χ3v) is 9.45. The van der Waals surface area contributed by atoms with Crippen LogP contribution in [0.15, 0.2) is 24.3 Å². The lowest BCUT2D eigenvalue weighted by Crippen LogP contribution is -2.26. The minimum absolute atomic E-state index is 0.873. The van der Waals surface area contributed by atoms with Gasteiger partial charge in [0, 0.05) is 0 Å². The predicted octanol–water partition coefficient (Wildman–Crippen LogP) is 10.9. The molecule has 1 aromatic carbocycles. The fourth-order valence-corrected chi connectivity index (χ4v) is 6.94. The van der Waals surface area contributed by atoms with E-state index >= 15 is 0 Å². The van der Waals surface area contributed by atoms with Crippen molar-refractivity contribution in [1.82, 2.24) is 0 Å². The lowest BCUT2D eigenvalue weighted by Gasteiger charge is -2.38. The normalized spacial score (nSPS) is 25.0. The van der Waals surface area contributed by atoms with Gasteiger partial charge in [-0.25, -0.2) is 0 Å². The molecule has 2 aliphatic rings. The number of hydrogen-bond donors (Lipinski definition) is 0. The standard InChI is InChI=1S/C34H58O/c1-3-5-7-8-9-10-11-12-28-35-34-26-20-31(21-27-34)15-14-30-18-24-33(25-19-30)32-22-16-29(17-23-32)13-6-4-2/h20-21,26-27,29-30,32-33H,3-19,22-25,28H2,1-2H3. The van der Waals surface area contributed by atoms with E-state index in [2.05, 4.69) is 38.1 Å². The van der Waals surface area contributed by atoms with Gasteiger partial charge >= 0.3 is 0 Å². The fourth-order valence-electron chi connectivity index (χ4n) is 6.94. The van der Waals surface area contributed by atoms with Crippen molar-refractivity contribution in [2.45, 2.75) is 149 Å². The molecule has 35 heavy (non-hydrogen) atoms. The average molecular weight is 483 g/mol. The molecule has 2 fully saturated rings. The van der Waals surface area contributed by atoms with E-state index in [9.17, 15) is 0 Å². The molecule has 1 nitrogen and oxygen atoms in total. The first-order valence-corrected chi connectivity index (χ1v) is 16.0. The van der Waals surface area contributed by atoms with Crippen LogP contribution >= 0.6 is 0 Å². The number of hydrogen-bond acceptors (Lipinski definition) is 1. The van der Waals surface area contributed by atoms with Crippen LogP contribution in [0.25, 0.3) is 0 Å². The maximum atomic E-state index is 6.00. The summed E-state index contributed by atoms with van der Waals surface area (Å²) in [7, 11) is 0. The van der Waals surface area contributed by atoms with Crippen molar-refractivity contribution in [3.05, 3.63) is 29.8 Å². The maximum absolute atomic E-state index is 6.00. The number of rotatable bonds is 17. The molecule has 2 saturated carbocycles. The average Bonchev–Trinajstić information content (AvgIpc) is 2.91. The van der Waals surface area contributed by atoms with Crippen LogP contribution in [0.1, 0.15) is 148 Å². The maximum Gasteiger partial charge on any atom is 0.119 e. The Morgan fingerprint density at radius 2 is 1.09 bits per heavy atom. The molecule has 200 valence electrons. The van der Waals surface area contributed by atoms with Gasteiger partial charge < -0.3 is 4.74 Å². The molecule has 1 aromatic rings. The Bertz CT molecular complexity index is 618. The van der Waals surface area contributed by atoms with Crippen molar-refractivity contribution in [1.29, 1.82) is 0 Å². The Balaban J connectivity index is 1.22. The minimum Gasteiger partial charge on any atom is -0.494 e. The van der Waals surface area contributed by atoms with Crippen LogP contribution in [-0.2, 0) is 6.42 Å². The van der Waals surface area contributed by atoms with Gasteiger partial charge in [-0.05, 0) is 86.3 Å². The zero-order valence-corrected chi connectivity index (χ0v) is 23.6. The van der Waals surface area contributed by atoms with Crippen molar-refractivity contribution < 1.29 is 4.74 Å². The van der Waals surface area contributed by atoms with Gasteiger partial charge in [-0.3, -0.25) is 0 Å². The van der Waals surface area contributed by atoms with E-state index in [1.165, 1.54) is 140 Å². The number of unbranched alkanes of at least 4 members (excludes halogenated alkanes) is 8. The first kappa shape index (κ1) is 28.6. The molecule has 0 N–H and O–H groups in total. The zero-order valence-electron chi connectivity index (χ0n) is 23.6. The summed E-state index contributed by atoms with van der Waals surface area (Å²) in [6.07, 6.45) is 30.0. The van der Waals surface area contributed by atoms with Gasteiger partial charge in [0.1, 0.15) is 5.75 Å². The SMILES string of the molecule is CCCCCCCCCCOc1ccc(CCC2CCC(C3CCC(CCCC)CC3)CC2)cc1. The summed E-state index contributed by atoms with van der Waals surface area (Å²) in [6, 6.07) is 9.03. The van der Waals surface area contributed by atoms with Crippen LogP contribution in [0.5, 0.6) is 5.75 Å². The molecule has 0 spiro atoms. The Morgan fingerprint density at radius 3 is 1.66 bits per heavy atom. The third-order valence-electron chi connectivity index (χ3n) is 9.45. The summed E-state index contributed by atoms with van der Waals surface area (Å²) in [5.74, 6) is 5.19. The quantitative estimate of drug-likeness (QED) is 0.201. The summed E-state index contributed by atoms with van der Waals surface area (Å²) in [4.78, 5) is 0. The van der Waals surface area contributed by atoms with Gasteiger partial charge in [0.15, 0.2) is 0 Å². The molecule has 0 heterocycles. The van der Waals surface area contributed by atoms with E-state index in [0.29, 0.717) is 0 Å². The molecule has 0 aliphatic heterocycles. The topological polar surface area (TPSA) is 9.23 Å². The Hall–Kier alpha value is -0.980. The Morgan fingerprint density at radius 1 is 0.571 bits per heavy atom. The number of aryl methyl sites for hydroxylation is 1. The molecule has 0 amide bonds. The van der Waals surface area contributed by atoms with Gasteiger partial charge in [0.05, 0.1) is 6.61 Å². The van der Waals surface area contributed by atoms with E-state index in [1.807, 2.05) is 0 Å². The van der Waals surface area contributed by atoms with E-state index in [1.54, 1.807) is 0 Å². The highest BCUT2D eigenvalue weighted by Crippen LogP contribution is 2.43. The Kier molecular flexibility index (Phi) is 14.3. The summed E-state index contributed by atoms with van der Waals surface area (Å²) in [6.45, 7) is 5.50. The van der Waals surface area contributed by atoms with E-state index in [0.717, 1.165) is 36.0 Å². The second kappa shape index (κ2) is 17.5. The summed E-state index contributed by atoms with van der Waals surface area (Å²) in [5.41, 5.74) is 1.50. The van der Waals surface area contributed by atoms with Crippen molar-refractivity contribution in [2.75, 3.05) is 6.61 Å². The molecule has 0 aromatic heterocycles. The highest BCUT2D eigenvalue weighted by Gasteiger charge is 2.30. The van der Waals surface area contributed by atoms with Crippen LogP contribution < -0.4 is 4.74 Å². The lowest BCUT2D eigenvalue weighted by atomic mass is 9.68. The molecular weight excluding hydrogens is 424 g/mol. The zero-order chi connectivity index (χ0) is 24.6. The van der Waals surface area contributed by atoms with Crippen LogP contribution in [0.2, 0.25) is 0 Å². The summed E-state index contributed by atoms with van der Waals surface area (Å²) >= 11 is 0. The first-order valence-electron chi connectivity index (χ1n) is 16.0. The molecule has 2 aliphatic carbocycles. The second-order valence-corrected chi connectivity index (χ2v) is 12.2. The molecule has 3 rings (SSSR count). The van der Waals surface area contributed by atoms with Gasteiger partial charge in [-0.15, -0.1) is 0 Å². The smallest absolute Gasteiger partial charge is 0.119 e. The predicted molar refractivity (Wildman–Crippen MR) is 153 cm³/mol. The lowest BCUT2D eigenvalue weighted by molar-refractivity contribution is 0.140. The fraction of sp³-hybridized carbons (Fsp3) is 0.824. The molecule has 0 atom stereocenters. The molecular formula is C34H58O. The number of benzene rings is 1. The van der Waals surface area contributed by atoms with Crippen molar-refractivity contribution >= 4 is 0 Å². The van der Waals surface area contributed by atoms with E-state index in [4.69, 9.17) is 4.74 Å². The second-order valence-electron chi connectivity index (χ2n) is 12.2. The largest absolute Gasteiger partial charge is 0.494 e. The van der Waals surface area contributed by atoms with Gasteiger partial charge in [-0.1, -0.05) is 116 Å². The molecule has 0 saturated heterocycles. The van der Waals surface area contributed by atoms with Crippen LogP contribution in [0, 0.1) is 23.7 Å². The van der Waals surface area contributed by atoms with Crippen LogP contribution in [0.4, 0.5) is 0 Å². The summed E-state index contributed by atoms with van der Waals surface area (Å²) in [5, 5.41) is 0. The third kappa shape index (κ3) is 11.3. The van der Waals surface area contributed by atoms with Crippen LogP contribution in [0.3, 0.4) is 0 Å². The molecule has 1 heteroatoms. The minimum atomic E-state index is 0.873. The van der Waals surface area contributed by atoms with Gasteiger partial charge in [-0.2, -0.15) is 0 Å². The highest BCUT2D eigenvalue weighted by molar-refractivity contribution is 5.27. The first-order chi connectivity index (χ1) is 17.3. The van der Waals surface area contributed by atoms with Crippen molar-refractivity contribution in [3.63, 3.8) is 0 Å². The van der Waals surface area contributed by atoms with Gasteiger partial charge in [0.25, 0.3) is 0 Å². The van der Waals surface area contributed by atoms with E-state index in [-0.39, 0.29) is 0 Å².